The van der Waals surface area contributed by atoms with Crippen LogP contribution in [-0.4, -0.2) is 35.3 Å². The van der Waals surface area contributed by atoms with E-state index in [-0.39, 0.29) is 33.2 Å². The number of amides is 1. The van der Waals surface area contributed by atoms with E-state index in [2.05, 4.69) is 6.07 Å². The Labute approximate surface area is 257 Å². The number of nitriles is 1. The summed E-state index contributed by atoms with van der Waals surface area (Å²) >= 11 is 13.5. The number of carboxylic acids is 1. The molecule has 220 valence electrons. The average Bonchev–Trinajstić information content (AvgIpc) is 3.18. The molecule has 0 unspecified atom stereocenters. The number of hydrogen-bond acceptors (Lipinski definition) is 5. The number of aliphatic carboxylic acids is 1. The number of benzene rings is 3. The van der Waals surface area contributed by atoms with Crippen LogP contribution >= 0.6 is 35.0 Å². The Kier molecular flexibility index (Phi) is 8.85. The number of carbonyl (C=O) groups is 2. The number of primary amides is 1. The third-order valence-corrected chi connectivity index (χ3v) is 8.94. The predicted molar refractivity (Wildman–Crippen MR) is 161 cm³/mol. The molecule has 1 aliphatic heterocycles. The van der Waals surface area contributed by atoms with Gasteiger partial charge in [0.2, 0.25) is 5.91 Å². The minimum Gasteiger partial charge on any atom is -0.480 e. The molecule has 1 saturated heterocycles. The molecule has 11 heteroatoms. The Bertz CT molecular complexity index is 1610. The standard InChI is InChI=1S/C31H29Cl2F2N3O3S/c1-30(2,3)14-24-31(15-36,19-10-9-17(32)13-21(19)34)25(18-6-5-7-20(33)26(18)35)27(29(40)41)38(24)22-11-8-16(28(37)39)12-23(22)42-4/h5-13,24-25,27H,14H2,1-4H3,(H2,37,39)(H,40,41)/t24-,25-,27+,31-/m0/s1. The first-order valence-corrected chi connectivity index (χ1v) is 15.0. The molecule has 3 aromatic rings. The third-order valence-electron chi connectivity index (χ3n) is 7.65. The highest BCUT2D eigenvalue weighted by Gasteiger charge is 2.65. The second-order valence-electron chi connectivity index (χ2n) is 11.4. The highest BCUT2D eigenvalue weighted by atomic mass is 35.5. The van der Waals surface area contributed by atoms with Crippen molar-refractivity contribution in [1.29, 1.82) is 5.26 Å². The van der Waals surface area contributed by atoms with Crippen molar-refractivity contribution in [3.63, 3.8) is 0 Å². The van der Waals surface area contributed by atoms with Gasteiger partial charge in [0.15, 0.2) is 0 Å². The Balaban J connectivity index is 2.21. The van der Waals surface area contributed by atoms with Crippen LogP contribution < -0.4 is 10.6 Å². The normalized spacial score (nSPS) is 22.2. The van der Waals surface area contributed by atoms with E-state index in [0.717, 1.165) is 6.07 Å². The van der Waals surface area contributed by atoms with Gasteiger partial charge in [-0.15, -0.1) is 11.8 Å². The molecule has 4 rings (SSSR count). The van der Waals surface area contributed by atoms with E-state index < -0.39 is 52.3 Å². The molecule has 0 aliphatic carbocycles. The summed E-state index contributed by atoms with van der Waals surface area (Å²) in [5.74, 6) is -5.17. The van der Waals surface area contributed by atoms with Crippen LogP contribution in [0.15, 0.2) is 59.5 Å². The molecular weight excluding hydrogens is 603 g/mol. The van der Waals surface area contributed by atoms with Gasteiger partial charge in [-0.3, -0.25) is 4.79 Å². The molecule has 3 N–H and O–H groups in total. The van der Waals surface area contributed by atoms with Crippen molar-refractivity contribution in [1.82, 2.24) is 0 Å². The highest BCUT2D eigenvalue weighted by Crippen LogP contribution is 2.58. The molecule has 1 fully saturated rings. The molecule has 4 atom stereocenters. The van der Waals surface area contributed by atoms with Gasteiger partial charge in [-0.1, -0.05) is 62.2 Å². The molecule has 1 aliphatic rings. The third kappa shape index (κ3) is 5.44. The molecule has 1 amide bonds. The van der Waals surface area contributed by atoms with Crippen molar-refractivity contribution in [2.24, 2.45) is 11.1 Å². The Morgan fingerprint density at radius 2 is 1.83 bits per heavy atom. The minimum atomic E-state index is -1.94. The Hall–Kier alpha value is -3.32. The number of nitrogens with two attached hydrogens (primary N) is 1. The Morgan fingerprint density at radius 1 is 1.14 bits per heavy atom. The largest absolute Gasteiger partial charge is 0.480 e. The first-order valence-electron chi connectivity index (χ1n) is 13.0. The molecule has 0 bridgehead atoms. The molecule has 0 aromatic heterocycles. The summed E-state index contributed by atoms with van der Waals surface area (Å²) in [5, 5.41) is 21.8. The molecule has 42 heavy (non-hydrogen) atoms. The van der Waals surface area contributed by atoms with Gasteiger partial charge in [0, 0.05) is 27.0 Å². The topological polar surface area (TPSA) is 107 Å². The van der Waals surface area contributed by atoms with Crippen molar-refractivity contribution in [3.05, 3.63) is 93.0 Å². The smallest absolute Gasteiger partial charge is 0.327 e. The van der Waals surface area contributed by atoms with E-state index in [0.29, 0.717) is 10.6 Å². The average molecular weight is 633 g/mol. The van der Waals surface area contributed by atoms with Crippen LogP contribution in [-0.2, 0) is 10.2 Å². The van der Waals surface area contributed by atoms with Crippen LogP contribution in [0.5, 0.6) is 0 Å². The van der Waals surface area contributed by atoms with Gasteiger partial charge in [-0.2, -0.15) is 5.26 Å². The first kappa shape index (κ1) is 31.6. The molecule has 0 spiro atoms. The van der Waals surface area contributed by atoms with Crippen LogP contribution in [0.2, 0.25) is 10.0 Å². The maximum absolute atomic E-state index is 16.0. The zero-order valence-electron chi connectivity index (χ0n) is 23.3. The van der Waals surface area contributed by atoms with Gasteiger partial charge in [0.1, 0.15) is 23.1 Å². The molecule has 6 nitrogen and oxygen atoms in total. The van der Waals surface area contributed by atoms with Gasteiger partial charge in [0.25, 0.3) is 0 Å². The van der Waals surface area contributed by atoms with Gasteiger partial charge in [0.05, 0.1) is 22.8 Å². The zero-order chi connectivity index (χ0) is 31.1. The van der Waals surface area contributed by atoms with Gasteiger partial charge >= 0.3 is 5.97 Å². The number of rotatable bonds is 7. The fourth-order valence-corrected chi connectivity index (χ4v) is 7.01. The maximum atomic E-state index is 16.0. The SMILES string of the molecule is CSc1cc(C(N)=O)ccc1N1[C@@H](CC(C)(C)C)[C@](C#N)(c2ccc(Cl)cc2F)[C@@H](c2cccc(Cl)c2F)[C@@H]1C(=O)O. The highest BCUT2D eigenvalue weighted by molar-refractivity contribution is 7.98. The zero-order valence-corrected chi connectivity index (χ0v) is 25.6. The van der Waals surface area contributed by atoms with Crippen LogP contribution in [0.3, 0.4) is 0 Å². The lowest BCUT2D eigenvalue weighted by atomic mass is 9.62. The quantitative estimate of drug-likeness (QED) is 0.263. The number of halogens is 4. The monoisotopic (exact) mass is 631 g/mol. The van der Waals surface area contributed by atoms with Crippen molar-refractivity contribution in [2.75, 3.05) is 11.2 Å². The number of hydrogen-bond donors (Lipinski definition) is 2. The lowest BCUT2D eigenvalue weighted by Crippen LogP contribution is -2.47. The number of nitrogens with zero attached hydrogens (tertiary/aromatic N) is 2. The lowest BCUT2D eigenvalue weighted by Gasteiger charge is -2.40. The summed E-state index contributed by atoms with van der Waals surface area (Å²) in [4.78, 5) is 27.4. The van der Waals surface area contributed by atoms with Crippen molar-refractivity contribution < 1.29 is 23.5 Å². The number of thioether (sulfide) groups is 1. The summed E-state index contributed by atoms with van der Waals surface area (Å²) in [6, 6.07) is 12.3. The fourth-order valence-electron chi connectivity index (χ4n) is 6.05. The van der Waals surface area contributed by atoms with Crippen molar-refractivity contribution >= 4 is 52.5 Å². The maximum Gasteiger partial charge on any atom is 0.327 e. The second kappa shape index (κ2) is 11.8. The first-order chi connectivity index (χ1) is 19.7. The van der Waals surface area contributed by atoms with Gasteiger partial charge in [-0.25, -0.2) is 13.6 Å². The molecule has 0 saturated carbocycles. The fraction of sp³-hybridized carbons (Fsp3) is 0.323. The summed E-state index contributed by atoms with van der Waals surface area (Å²) in [6.07, 6.45) is 1.95. The van der Waals surface area contributed by atoms with E-state index in [1.54, 1.807) is 23.3 Å². The van der Waals surface area contributed by atoms with E-state index in [1.165, 1.54) is 48.2 Å². The molecular formula is C31H29Cl2F2N3O3S. The van der Waals surface area contributed by atoms with E-state index in [4.69, 9.17) is 28.9 Å². The molecule has 1 heterocycles. The van der Waals surface area contributed by atoms with Crippen LogP contribution in [0, 0.1) is 28.4 Å². The number of carbonyl (C=O) groups excluding carboxylic acids is 1. The van der Waals surface area contributed by atoms with E-state index >= 15 is 8.78 Å². The summed E-state index contributed by atoms with van der Waals surface area (Å²) in [5.41, 5.74) is 3.42. The van der Waals surface area contributed by atoms with Crippen molar-refractivity contribution in [3.8, 4) is 6.07 Å². The van der Waals surface area contributed by atoms with Gasteiger partial charge in [-0.05, 0) is 60.1 Å². The van der Waals surface area contributed by atoms with Crippen LogP contribution in [0.1, 0.15) is 54.6 Å². The van der Waals surface area contributed by atoms with Gasteiger partial charge < -0.3 is 15.7 Å². The molecule has 0 radical (unpaired) electrons. The summed E-state index contributed by atoms with van der Waals surface area (Å²) in [7, 11) is 0. The Morgan fingerprint density at radius 3 is 2.38 bits per heavy atom. The van der Waals surface area contributed by atoms with Crippen molar-refractivity contribution in [2.45, 2.75) is 55.5 Å². The van der Waals surface area contributed by atoms with Crippen LogP contribution in [0.4, 0.5) is 14.5 Å². The summed E-state index contributed by atoms with van der Waals surface area (Å²) in [6.45, 7) is 5.75. The van der Waals surface area contributed by atoms with Crippen LogP contribution in [0.25, 0.3) is 0 Å². The van der Waals surface area contributed by atoms with E-state index in [1.807, 2.05) is 20.8 Å². The van der Waals surface area contributed by atoms with E-state index in [9.17, 15) is 20.0 Å². The number of carboxylic acid groups (broad SMARTS) is 1. The number of anilines is 1. The summed E-state index contributed by atoms with van der Waals surface area (Å²) < 4.78 is 31.9. The predicted octanol–water partition coefficient (Wildman–Crippen LogP) is 7.42. The lowest BCUT2D eigenvalue weighted by molar-refractivity contribution is -0.138. The molecule has 3 aromatic carbocycles. The minimum absolute atomic E-state index is 0.0820. The second-order valence-corrected chi connectivity index (χ2v) is 13.1.